The molecule has 12 heteroatoms. The molecule has 1 saturated carbocycles. The fourth-order valence-corrected chi connectivity index (χ4v) is 4.52. The van der Waals surface area contributed by atoms with E-state index in [0.29, 0.717) is 12.1 Å². The van der Waals surface area contributed by atoms with Crippen molar-refractivity contribution in [2.75, 3.05) is 13.2 Å². The third-order valence-corrected chi connectivity index (χ3v) is 6.75. The number of ether oxygens (including phenoxy) is 1. The van der Waals surface area contributed by atoms with E-state index in [1.54, 1.807) is 30.3 Å². The summed E-state index contributed by atoms with van der Waals surface area (Å²) in [6.45, 7) is 0.710. The van der Waals surface area contributed by atoms with Crippen molar-refractivity contribution in [1.82, 2.24) is 0 Å². The van der Waals surface area contributed by atoms with Crippen molar-refractivity contribution in [3.8, 4) is 0 Å². The zero-order valence-corrected chi connectivity index (χ0v) is 19.2. The van der Waals surface area contributed by atoms with E-state index in [2.05, 4.69) is 0 Å². The molecule has 1 atom stereocenters. The minimum atomic E-state index is -4.98. The Balaban J connectivity index is 1.88. The first-order chi connectivity index (χ1) is 16.7. The van der Waals surface area contributed by atoms with Gasteiger partial charge in [-0.3, -0.25) is 0 Å². The zero-order chi connectivity index (χ0) is 26.8. The second-order valence-electron chi connectivity index (χ2n) is 9.09. The quantitative estimate of drug-likeness (QED) is 0.252. The molecule has 3 rings (SSSR count). The van der Waals surface area contributed by atoms with Crippen LogP contribution in [0.15, 0.2) is 48.5 Å². The van der Waals surface area contributed by atoms with E-state index < -0.39 is 52.3 Å². The van der Waals surface area contributed by atoms with Gasteiger partial charge in [0.25, 0.3) is 5.09 Å². The van der Waals surface area contributed by atoms with Crippen LogP contribution in [-0.2, 0) is 27.3 Å². The Morgan fingerprint density at radius 3 is 1.94 bits per heavy atom. The monoisotopic (exact) mass is 521 g/mol. The van der Waals surface area contributed by atoms with Gasteiger partial charge in [0, 0.05) is 5.41 Å². The molecule has 1 fully saturated rings. The van der Waals surface area contributed by atoms with E-state index in [9.17, 15) is 41.6 Å². The smallest absolute Gasteiger partial charge is 0.394 e. The molecular weight excluding hydrogens is 496 g/mol. The fourth-order valence-electron chi connectivity index (χ4n) is 4.52. The van der Waals surface area contributed by atoms with Crippen molar-refractivity contribution in [1.29, 1.82) is 0 Å². The fraction of sp³-hybridized carbons (Fsp3) is 0.500. The molecule has 0 heterocycles. The van der Waals surface area contributed by atoms with E-state index in [1.165, 1.54) is 6.92 Å². The lowest BCUT2D eigenvalue weighted by Crippen LogP contribution is -2.48. The maximum absolute atomic E-state index is 13.3. The average Bonchev–Trinajstić information content (AvgIpc) is 2.82. The molecule has 2 aromatic carbocycles. The molecule has 0 spiro atoms. The van der Waals surface area contributed by atoms with Crippen molar-refractivity contribution >= 4 is 0 Å². The highest BCUT2D eigenvalue weighted by molar-refractivity contribution is 5.35. The van der Waals surface area contributed by atoms with Crippen LogP contribution < -0.4 is 0 Å². The summed E-state index contributed by atoms with van der Waals surface area (Å²) in [5.74, 6) is 0. The molecule has 6 nitrogen and oxygen atoms in total. The topological polar surface area (TPSA) is 81.8 Å². The van der Waals surface area contributed by atoms with Crippen molar-refractivity contribution in [3.63, 3.8) is 0 Å². The molecular formula is C24H25F6NO5. The molecule has 0 radical (unpaired) electrons. The van der Waals surface area contributed by atoms with Gasteiger partial charge in [0.15, 0.2) is 0 Å². The molecule has 0 bridgehead atoms. The number of benzene rings is 2. The predicted molar refractivity (Wildman–Crippen MR) is 115 cm³/mol. The van der Waals surface area contributed by atoms with Gasteiger partial charge in [-0.25, -0.2) is 0 Å². The van der Waals surface area contributed by atoms with Crippen LogP contribution in [-0.4, -0.2) is 29.0 Å². The van der Waals surface area contributed by atoms with Crippen LogP contribution in [0, 0.1) is 10.1 Å². The van der Waals surface area contributed by atoms with E-state index in [-0.39, 0.29) is 43.9 Å². The van der Waals surface area contributed by atoms with E-state index in [4.69, 9.17) is 9.57 Å². The minimum Gasteiger partial charge on any atom is -0.394 e. The maximum atomic E-state index is 13.3. The number of halogens is 6. The SMILES string of the molecule is C[C@@H](OC[C@]1(c2ccccc2)CC[C@](CO)(O[N+](=O)[O-])CC1)c1cc(C(F)(F)F)cc(C(F)(F)F)c1. The van der Waals surface area contributed by atoms with Gasteiger partial charge in [-0.05, 0) is 61.9 Å². The van der Waals surface area contributed by atoms with Crippen molar-refractivity contribution in [2.24, 2.45) is 0 Å². The summed E-state index contributed by atoms with van der Waals surface area (Å²) >= 11 is 0. The second kappa shape index (κ2) is 10.3. The molecule has 1 N–H and O–H groups in total. The standard InChI is InChI=1S/C24H25F6NO5/c1-16(17-11-19(23(25,26)27)13-20(12-17)24(28,29)30)35-15-21(18-5-3-2-4-6-18)7-9-22(14-32,10-8-21)36-31(33)34/h2-6,11-13,16,32H,7-10,14-15H2,1H3/t16-,21-,22-/m1/s1. The summed E-state index contributed by atoms with van der Waals surface area (Å²) in [5, 5.41) is 19.7. The van der Waals surface area contributed by atoms with E-state index in [0.717, 1.165) is 5.56 Å². The summed E-state index contributed by atoms with van der Waals surface area (Å²) in [6, 6.07) is 10.3. The third-order valence-electron chi connectivity index (χ3n) is 6.75. The van der Waals surface area contributed by atoms with Gasteiger partial charge in [0.2, 0.25) is 0 Å². The number of aliphatic hydroxyl groups excluding tert-OH is 1. The van der Waals surface area contributed by atoms with Gasteiger partial charge in [-0.1, -0.05) is 30.3 Å². The lowest BCUT2D eigenvalue weighted by molar-refractivity contribution is -0.783. The molecule has 198 valence electrons. The molecule has 0 unspecified atom stereocenters. The van der Waals surface area contributed by atoms with Crippen molar-refractivity contribution in [2.45, 2.75) is 62.1 Å². The zero-order valence-electron chi connectivity index (χ0n) is 19.2. The summed E-state index contributed by atoms with van der Waals surface area (Å²) in [4.78, 5) is 15.7. The van der Waals surface area contributed by atoms with Crippen LogP contribution in [0.2, 0.25) is 0 Å². The van der Waals surface area contributed by atoms with Gasteiger partial charge in [-0.15, -0.1) is 10.1 Å². The highest BCUT2D eigenvalue weighted by atomic mass is 19.4. The van der Waals surface area contributed by atoms with Gasteiger partial charge >= 0.3 is 12.4 Å². The molecule has 0 amide bonds. The molecule has 1 aliphatic carbocycles. The van der Waals surface area contributed by atoms with Gasteiger partial charge in [0.1, 0.15) is 5.60 Å². The molecule has 0 aromatic heterocycles. The van der Waals surface area contributed by atoms with Crippen LogP contribution >= 0.6 is 0 Å². The Hall–Kier alpha value is -2.86. The summed E-state index contributed by atoms with van der Waals surface area (Å²) < 4.78 is 85.5. The van der Waals surface area contributed by atoms with E-state index >= 15 is 0 Å². The first kappa shape index (κ1) is 27.7. The normalized spacial score (nSPS) is 23.8. The summed E-state index contributed by atoms with van der Waals surface area (Å²) in [5.41, 5.74) is -4.48. The molecule has 1 aliphatic rings. The maximum Gasteiger partial charge on any atom is 0.416 e. The van der Waals surface area contributed by atoms with E-state index in [1.807, 2.05) is 0 Å². The minimum absolute atomic E-state index is 0.0621. The van der Waals surface area contributed by atoms with Crippen LogP contribution in [0.4, 0.5) is 26.3 Å². The highest BCUT2D eigenvalue weighted by Gasteiger charge is 2.46. The third kappa shape index (κ3) is 6.28. The number of hydrogen-bond donors (Lipinski definition) is 1. The predicted octanol–water partition coefficient (Wildman–Crippen LogP) is 6.25. The number of alkyl halides is 6. The molecule has 0 saturated heterocycles. The van der Waals surface area contributed by atoms with Crippen LogP contribution in [0.25, 0.3) is 0 Å². The second-order valence-corrected chi connectivity index (χ2v) is 9.09. The van der Waals surface area contributed by atoms with Crippen molar-refractivity contribution < 1.29 is 46.1 Å². The number of rotatable bonds is 8. The van der Waals surface area contributed by atoms with Crippen LogP contribution in [0.3, 0.4) is 0 Å². The van der Waals surface area contributed by atoms with Crippen LogP contribution in [0.1, 0.15) is 61.0 Å². The molecule has 0 aliphatic heterocycles. The Morgan fingerprint density at radius 1 is 0.972 bits per heavy atom. The van der Waals surface area contributed by atoms with Crippen molar-refractivity contribution in [3.05, 3.63) is 80.9 Å². The van der Waals surface area contributed by atoms with Crippen LogP contribution in [0.5, 0.6) is 0 Å². The lowest BCUT2D eigenvalue weighted by atomic mass is 9.65. The van der Waals surface area contributed by atoms with Gasteiger partial charge < -0.3 is 14.7 Å². The highest BCUT2D eigenvalue weighted by Crippen LogP contribution is 2.46. The Labute approximate surface area is 202 Å². The van der Waals surface area contributed by atoms with Gasteiger partial charge in [-0.2, -0.15) is 26.3 Å². The summed E-state index contributed by atoms with van der Waals surface area (Å²) in [7, 11) is 0. The number of aliphatic hydroxyl groups is 1. The first-order valence-electron chi connectivity index (χ1n) is 11.1. The number of hydrogen-bond acceptors (Lipinski definition) is 5. The lowest BCUT2D eigenvalue weighted by Gasteiger charge is -2.45. The Morgan fingerprint density at radius 2 is 1.50 bits per heavy atom. The molecule has 36 heavy (non-hydrogen) atoms. The Bertz CT molecular complexity index is 1020. The first-order valence-corrected chi connectivity index (χ1v) is 11.1. The average molecular weight is 521 g/mol. The van der Waals surface area contributed by atoms with Gasteiger partial charge in [0.05, 0.1) is 30.4 Å². The number of nitrogens with zero attached hydrogens (tertiary/aromatic N) is 1. The summed E-state index contributed by atoms with van der Waals surface area (Å²) in [6.07, 6.45) is -10.3. The molecule has 2 aromatic rings. The largest absolute Gasteiger partial charge is 0.416 e. The Kier molecular flexibility index (Phi) is 7.89.